The normalized spacial score (nSPS) is 10.4. The number of fused-ring (bicyclic) bond motifs is 1. The summed E-state index contributed by atoms with van der Waals surface area (Å²) in [5.74, 6) is -0.922. The van der Waals surface area contributed by atoms with Gasteiger partial charge < -0.3 is 15.0 Å². The molecule has 0 aliphatic carbocycles. The number of H-pyrrole nitrogens is 1. The number of nitrogens with zero attached hydrogens (tertiary/aromatic N) is 1. The van der Waals surface area contributed by atoms with Crippen LogP contribution in [0.2, 0.25) is 0 Å². The summed E-state index contributed by atoms with van der Waals surface area (Å²) in [6, 6.07) is 11.8. The van der Waals surface area contributed by atoms with Crippen molar-refractivity contribution in [3.8, 4) is 0 Å². The summed E-state index contributed by atoms with van der Waals surface area (Å²) in [5, 5.41) is 2.77. The second-order valence-electron chi connectivity index (χ2n) is 4.63. The Bertz CT molecular complexity index is 854. The number of carbonyl (C=O) groups is 2. The van der Waals surface area contributed by atoms with Crippen molar-refractivity contribution in [1.29, 1.82) is 0 Å². The van der Waals surface area contributed by atoms with E-state index < -0.39 is 5.97 Å². The number of anilines is 1. The maximum absolute atomic E-state index is 12.4. The number of hydrogen-bond acceptors (Lipinski definition) is 4. The number of imidazole rings is 1. The predicted octanol–water partition coefficient (Wildman–Crippen LogP) is 2.60. The van der Waals surface area contributed by atoms with E-state index in [4.69, 9.17) is 4.74 Å². The molecule has 1 amide bonds. The highest BCUT2D eigenvalue weighted by Gasteiger charge is 2.17. The third-order valence-electron chi connectivity index (χ3n) is 3.26. The van der Waals surface area contributed by atoms with Gasteiger partial charge in [-0.1, -0.05) is 12.1 Å². The van der Waals surface area contributed by atoms with Gasteiger partial charge in [0.05, 0.1) is 35.6 Å². The number of carbonyl (C=O) groups excluding carboxylic acids is 2. The molecule has 0 saturated carbocycles. The lowest BCUT2D eigenvalue weighted by Gasteiger charge is -2.09. The molecule has 6 heteroatoms. The molecule has 110 valence electrons. The van der Waals surface area contributed by atoms with E-state index in [1.54, 1.807) is 48.8 Å². The van der Waals surface area contributed by atoms with Gasteiger partial charge in [0, 0.05) is 5.69 Å². The zero-order valence-corrected chi connectivity index (χ0v) is 11.8. The SMILES string of the molecule is COC(=O)c1ccccc1C(=O)Nc1ccc2nc[nH]c2c1. The molecule has 0 fully saturated rings. The minimum Gasteiger partial charge on any atom is -0.465 e. The number of hydrogen-bond donors (Lipinski definition) is 2. The monoisotopic (exact) mass is 295 g/mol. The van der Waals surface area contributed by atoms with Crippen molar-refractivity contribution in [2.24, 2.45) is 0 Å². The summed E-state index contributed by atoms with van der Waals surface area (Å²) in [6.45, 7) is 0. The molecule has 3 aromatic rings. The van der Waals surface area contributed by atoms with Crippen LogP contribution in [0.25, 0.3) is 11.0 Å². The minimum absolute atomic E-state index is 0.227. The van der Waals surface area contributed by atoms with Gasteiger partial charge in [0.25, 0.3) is 5.91 Å². The molecule has 22 heavy (non-hydrogen) atoms. The van der Waals surface area contributed by atoms with Crippen molar-refractivity contribution >= 4 is 28.6 Å². The van der Waals surface area contributed by atoms with Crippen LogP contribution >= 0.6 is 0 Å². The van der Waals surface area contributed by atoms with Crippen molar-refractivity contribution in [2.45, 2.75) is 0 Å². The van der Waals surface area contributed by atoms with Gasteiger partial charge in [-0.3, -0.25) is 4.79 Å². The second-order valence-corrected chi connectivity index (χ2v) is 4.63. The van der Waals surface area contributed by atoms with Crippen LogP contribution in [-0.2, 0) is 4.74 Å². The lowest BCUT2D eigenvalue weighted by atomic mass is 10.1. The molecule has 3 rings (SSSR count). The fourth-order valence-electron chi connectivity index (χ4n) is 2.18. The summed E-state index contributed by atoms with van der Waals surface area (Å²) < 4.78 is 4.69. The Balaban J connectivity index is 1.89. The predicted molar refractivity (Wildman–Crippen MR) is 81.8 cm³/mol. The van der Waals surface area contributed by atoms with Crippen LogP contribution in [0.3, 0.4) is 0 Å². The summed E-state index contributed by atoms with van der Waals surface area (Å²) in [5.41, 5.74) is 2.73. The van der Waals surface area contributed by atoms with Crippen LogP contribution in [0, 0.1) is 0 Å². The molecular weight excluding hydrogens is 282 g/mol. The Hall–Kier alpha value is -3.15. The number of rotatable bonds is 3. The molecule has 0 radical (unpaired) electrons. The molecular formula is C16H13N3O3. The first kappa shape index (κ1) is 13.8. The zero-order valence-electron chi connectivity index (χ0n) is 11.8. The van der Waals surface area contributed by atoms with Gasteiger partial charge in [-0.05, 0) is 30.3 Å². The lowest BCUT2D eigenvalue weighted by Crippen LogP contribution is -2.17. The van der Waals surface area contributed by atoms with E-state index in [0.717, 1.165) is 11.0 Å². The highest BCUT2D eigenvalue weighted by atomic mass is 16.5. The first-order valence-corrected chi connectivity index (χ1v) is 6.61. The smallest absolute Gasteiger partial charge is 0.338 e. The van der Waals surface area contributed by atoms with E-state index in [0.29, 0.717) is 5.69 Å². The zero-order chi connectivity index (χ0) is 15.5. The van der Waals surface area contributed by atoms with Crippen LogP contribution in [0.5, 0.6) is 0 Å². The third kappa shape index (κ3) is 2.54. The van der Waals surface area contributed by atoms with Gasteiger partial charge in [0.1, 0.15) is 0 Å². The van der Waals surface area contributed by atoms with Crippen LogP contribution in [-0.4, -0.2) is 29.0 Å². The van der Waals surface area contributed by atoms with Crippen molar-refractivity contribution < 1.29 is 14.3 Å². The molecule has 6 nitrogen and oxygen atoms in total. The Morgan fingerprint density at radius 1 is 1.14 bits per heavy atom. The number of aromatic nitrogens is 2. The maximum atomic E-state index is 12.4. The highest BCUT2D eigenvalue weighted by molar-refractivity contribution is 6.11. The average molecular weight is 295 g/mol. The number of benzene rings is 2. The second kappa shape index (κ2) is 5.69. The summed E-state index contributed by atoms with van der Waals surface area (Å²) in [4.78, 5) is 31.2. The molecule has 0 unspecified atom stereocenters. The lowest BCUT2D eigenvalue weighted by molar-refractivity contribution is 0.0597. The quantitative estimate of drug-likeness (QED) is 0.727. The number of ether oxygens (including phenoxy) is 1. The third-order valence-corrected chi connectivity index (χ3v) is 3.26. The van der Waals surface area contributed by atoms with Crippen molar-refractivity contribution in [2.75, 3.05) is 12.4 Å². The van der Waals surface area contributed by atoms with Crippen LogP contribution in [0.1, 0.15) is 20.7 Å². The van der Waals surface area contributed by atoms with Crippen molar-refractivity contribution in [1.82, 2.24) is 9.97 Å². The van der Waals surface area contributed by atoms with Gasteiger partial charge in [-0.15, -0.1) is 0 Å². The van der Waals surface area contributed by atoms with E-state index >= 15 is 0 Å². The summed E-state index contributed by atoms with van der Waals surface area (Å²) in [6.07, 6.45) is 1.59. The van der Waals surface area contributed by atoms with E-state index in [9.17, 15) is 9.59 Å². The number of esters is 1. The Morgan fingerprint density at radius 3 is 2.68 bits per heavy atom. The van der Waals surface area contributed by atoms with Crippen molar-refractivity contribution in [3.05, 3.63) is 59.9 Å². The Morgan fingerprint density at radius 2 is 1.91 bits per heavy atom. The van der Waals surface area contributed by atoms with E-state index in [2.05, 4.69) is 15.3 Å². The first-order valence-electron chi connectivity index (χ1n) is 6.61. The number of aromatic amines is 1. The largest absolute Gasteiger partial charge is 0.465 e. The Kier molecular flexibility index (Phi) is 3.57. The minimum atomic E-state index is -0.547. The molecule has 1 heterocycles. The van der Waals surface area contributed by atoms with Crippen molar-refractivity contribution in [3.63, 3.8) is 0 Å². The van der Waals surface area contributed by atoms with Gasteiger partial charge in [-0.2, -0.15) is 0 Å². The molecule has 1 aromatic heterocycles. The van der Waals surface area contributed by atoms with E-state index in [1.807, 2.05) is 0 Å². The summed E-state index contributed by atoms with van der Waals surface area (Å²) in [7, 11) is 1.28. The van der Waals surface area contributed by atoms with E-state index in [1.165, 1.54) is 7.11 Å². The molecule has 0 aliphatic rings. The van der Waals surface area contributed by atoms with Gasteiger partial charge in [0.15, 0.2) is 0 Å². The molecule has 2 aromatic carbocycles. The Labute approximate surface area is 126 Å². The molecule has 0 spiro atoms. The molecule has 0 saturated heterocycles. The molecule has 0 aliphatic heterocycles. The number of amides is 1. The molecule has 0 atom stereocenters. The fourth-order valence-corrected chi connectivity index (χ4v) is 2.18. The number of methoxy groups -OCH3 is 1. The highest BCUT2D eigenvalue weighted by Crippen LogP contribution is 2.18. The van der Waals surface area contributed by atoms with Crippen LogP contribution in [0.4, 0.5) is 5.69 Å². The standard InChI is InChI=1S/C16H13N3O3/c1-22-16(21)12-5-3-2-4-11(12)15(20)19-10-6-7-13-14(8-10)18-9-17-13/h2-9H,1H3,(H,17,18)(H,19,20). The average Bonchev–Trinajstić information content (AvgIpc) is 3.01. The summed E-state index contributed by atoms with van der Waals surface area (Å²) >= 11 is 0. The van der Waals surface area contributed by atoms with Gasteiger partial charge in [0.2, 0.25) is 0 Å². The van der Waals surface area contributed by atoms with Gasteiger partial charge >= 0.3 is 5.97 Å². The fraction of sp³-hybridized carbons (Fsp3) is 0.0625. The van der Waals surface area contributed by atoms with Crippen LogP contribution < -0.4 is 5.32 Å². The van der Waals surface area contributed by atoms with Gasteiger partial charge in [-0.25, -0.2) is 9.78 Å². The van der Waals surface area contributed by atoms with E-state index in [-0.39, 0.29) is 17.0 Å². The molecule has 0 bridgehead atoms. The number of nitrogens with one attached hydrogen (secondary N) is 2. The first-order chi connectivity index (χ1) is 10.7. The van der Waals surface area contributed by atoms with Crippen LogP contribution in [0.15, 0.2) is 48.8 Å². The topological polar surface area (TPSA) is 84.1 Å². The molecule has 2 N–H and O–H groups in total. The maximum Gasteiger partial charge on any atom is 0.338 e.